The number of hydrogen-bond acceptors (Lipinski definition) is 5. The van der Waals surface area contributed by atoms with Crippen LogP contribution < -0.4 is 4.90 Å². The van der Waals surface area contributed by atoms with Crippen molar-refractivity contribution in [2.24, 2.45) is 0 Å². The molecule has 1 aliphatic heterocycles. The maximum absolute atomic E-state index is 9.64. The first-order chi connectivity index (χ1) is 8.91. The summed E-state index contributed by atoms with van der Waals surface area (Å²) in [6.07, 6.45) is 0.985. The predicted molar refractivity (Wildman–Crippen MR) is 73.1 cm³/mol. The van der Waals surface area contributed by atoms with Gasteiger partial charge in [0.1, 0.15) is 5.82 Å². The standard InChI is InChI=1S/C14H22N2O3/c1-10(18)11-4-5-15-13(6-11)16-7-12(8-17)19-14(2,3)9-16/h4-6,10,12,17-18H,7-9H2,1-3H3. The third kappa shape index (κ3) is 3.43. The van der Waals surface area contributed by atoms with E-state index in [4.69, 9.17) is 4.74 Å². The molecule has 5 heteroatoms. The van der Waals surface area contributed by atoms with Gasteiger partial charge in [0.15, 0.2) is 0 Å². The fourth-order valence-electron chi connectivity index (χ4n) is 2.43. The fraction of sp³-hybridized carbons (Fsp3) is 0.643. The van der Waals surface area contributed by atoms with E-state index in [-0.39, 0.29) is 18.3 Å². The molecule has 2 atom stereocenters. The second kappa shape index (κ2) is 5.45. The van der Waals surface area contributed by atoms with Gasteiger partial charge in [-0.15, -0.1) is 0 Å². The largest absolute Gasteiger partial charge is 0.394 e. The molecule has 2 heterocycles. The highest BCUT2D eigenvalue weighted by Gasteiger charge is 2.33. The van der Waals surface area contributed by atoms with Crippen molar-refractivity contribution in [2.45, 2.75) is 38.6 Å². The molecule has 19 heavy (non-hydrogen) atoms. The number of nitrogens with zero attached hydrogens (tertiary/aromatic N) is 2. The average Bonchev–Trinajstić information content (AvgIpc) is 2.37. The summed E-state index contributed by atoms with van der Waals surface area (Å²) < 4.78 is 5.78. The van der Waals surface area contributed by atoms with Gasteiger partial charge in [0.05, 0.1) is 24.4 Å². The minimum Gasteiger partial charge on any atom is -0.394 e. The number of morpholine rings is 1. The quantitative estimate of drug-likeness (QED) is 0.858. The molecule has 0 radical (unpaired) electrons. The number of anilines is 1. The molecule has 2 unspecified atom stereocenters. The lowest BCUT2D eigenvalue weighted by Gasteiger charge is -2.42. The summed E-state index contributed by atoms with van der Waals surface area (Å²) in [5.41, 5.74) is 0.517. The van der Waals surface area contributed by atoms with E-state index < -0.39 is 6.10 Å². The van der Waals surface area contributed by atoms with Gasteiger partial charge in [-0.3, -0.25) is 0 Å². The molecule has 0 aromatic carbocycles. The Balaban J connectivity index is 2.22. The van der Waals surface area contributed by atoms with Crippen LogP contribution >= 0.6 is 0 Å². The number of pyridine rings is 1. The molecule has 1 aliphatic rings. The number of aliphatic hydroxyl groups excluding tert-OH is 2. The van der Waals surface area contributed by atoms with Crippen molar-refractivity contribution >= 4 is 5.82 Å². The maximum Gasteiger partial charge on any atom is 0.129 e. The van der Waals surface area contributed by atoms with E-state index in [1.54, 1.807) is 13.1 Å². The van der Waals surface area contributed by atoms with Crippen LogP contribution in [0.4, 0.5) is 5.82 Å². The molecule has 0 bridgehead atoms. The van der Waals surface area contributed by atoms with Gasteiger partial charge in [-0.1, -0.05) is 0 Å². The van der Waals surface area contributed by atoms with E-state index in [1.807, 2.05) is 26.0 Å². The second-order valence-electron chi connectivity index (χ2n) is 5.69. The Bertz CT molecular complexity index is 434. The van der Waals surface area contributed by atoms with E-state index in [2.05, 4.69) is 9.88 Å². The van der Waals surface area contributed by atoms with E-state index in [1.165, 1.54) is 0 Å². The zero-order valence-corrected chi connectivity index (χ0v) is 11.7. The number of aliphatic hydroxyl groups is 2. The van der Waals surface area contributed by atoms with Crippen LogP contribution in [-0.4, -0.2) is 46.6 Å². The molecule has 5 nitrogen and oxygen atoms in total. The van der Waals surface area contributed by atoms with Gasteiger partial charge in [0.25, 0.3) is 0 Å². The summed E-state index contributed by atoms with van der Waals surface area (Å²) in [6.45, 7) is 7.05. The highest BCUT2D eigenvalue weighted by Crippen LogP contribution is 2.26. The number of ether oxygens (including phenoxy) is 1. The van der Waals surface area contributed by atoms with Crippen LogP contribution in [0.5, 0.6) is 0 Å². The molecule has 1 saturated heterocycles. The van der Waals surface area contributed by atoms with Crippen LogP contribution in [0.2, 0.25) is 0 Å². The van der Waals surface area contributed by atoms with Crippen molar-refractivity contribution in [2.75, 3.05) is 24.6 Å². The summed E-state index contributed by atoms with van der Waals surface area (Å²) in [4.78, 5) is 6.45. The third-order valence-corrected chi connectivity index (χ3v) is 3.26. The molecule has 0 aliphatic carbocycles. The molecular formula is C14H22N2O3. The highest BCUT2D eigenvalue weighted by molar-refractivity contribution is 5.42. The van der Waals surface area contributed by atoms with Crippen molar-refractivity contribution < 1.29 is 14.9 Å². The van der Waals surface area contributed by atoms with Crippen LogP contribution in [-0.2, 0) is 4.74 Å². The fourth-order valence-corrected chi connectivity index (χ4v) is 2.43. The third-order valence-electron chi connectivity index (χ3n) is 3.26. The Morgan fingerprint density at radius 1 is 1.58 bits per heavy atom. The Morgan fingerprint density at radius 2 is 2.32 bits per heavy atom. The first-order valence-corrected chi connectivity index (χ1v) is 6.59. The van der Waals surface area contributed by atoms with Gasteiger partial charge in [0, 0.05) is 19.3 Å². The smallest absolute Gasteiger partial charge is 0.129 e. The first-order valence-electron chi connectivity index (χ1n) is 6.59. The molecule has 106 valence electrons. The lowest BCUT2D eigenvalue weighted by molar-refractivity contribution is -0.101. The number of rotatable bonds is 3. The summed E-state index contributed by atoms with van der Waals surface area (Å²) in [6, 6.07) is 3.70. The minimum absolute atomic E-state index is 0.00394. The van der Waals surface area contributed by atoms with Gasteiger partial charge < -0.3 is 19.8 Å². The van der Waals surface area contributed by atoms with E-state index in [0.717, 1.165) is 11.4 Å². The summed E-state index contributed by atoms with van der Waals surface area (Å²) in [5, 5.41) is 19.0. The molecule has 2 rings (SSSR count). The molecule has 0 saturated carbocycles. The van der Waals surface area contributed by atoms with E-state index in [0.29, 0.717) is 13.1 Å². The van der Waals surface area contributed by atoms with Crippen LogP contribution in [0, 0.1) is 0 Å². The normalized spacial score (nSPS) is 24.3. The maximum atomic E-state index is 9.64. The Hall–Kier alpha value is -1.17. The highest BCUT2D eigenvalue weighted by atomic mass is 16.5. The van der Waals surface area contributed by atoms with Gasteiger partial charge in [-0.25, -0.2) is 4.98 Å². The molecule has 1 fully saturated rings. The van der Waals surface area contributed by atoms with Gasteiger partial charge in [-0.2, -0.15) is 0 Å². The first kappa shape index (κ1) is 14.2. The number of hydrogen-bond donors (Lipinski definition) is 2. The van der Waals surface area contributed by atoms with E-state index in [9.17, 15) is 10.2 Å². The number of aromatic nitrogens is 1. The lowest BCUT2D eigenvalue weighted by Crippen LogP contribution is -2.54. The summed E-state index contributed by atoms with van der Waals surface area (Å²) >= 11 is 0. The zero-order chi connectivity index (χ0) is 14.0. The zero-order valence-electron chi connectivity index (χ0n) is 11.7. The Kier molecular flexibility index (Phi) is 4.08. The summed E-state index contributed by atoms with van der Waals surface area (Å²) in [7, 11) is 0. The predicted octanol–water partition coefficient (Wildman–Crippen LogP) is 1.11. The Labute approximate surface area is 113 Å². The van der Waals surface area contributed by atoms with Crippen molar-refractivity contribution in [3.63, 3.8) is 0 Å². The van der Waals surface area contributed by atoms with Gasteiger partial charge in [0.2, 0.25) is 0 Å². The molecule has 2 N–H and O–H groups in total. The molecule has 0 spiro atoms. The van der Waals surface area contributed by atoms with Crippen LogP contribution in [0.25, 0.3) is 0 Å². The van der Waals surface area contributed by atoms with Crippen molar-refractivity contribution in [1.82, 2.24) is 4.98 Å². The average molecular weight is 266 g/mol. The van der Waals surface area contributed by atoms with Crippen molar-refractivity contribution in [3.8, 4) is 0 Å². The van der Waals surface area contributed by atoms with Crippen LogP contribution in [0.15, 0.2) is 18.3 Å². The van der Waals surface area contributed by atoms with Gasteiger partial charge >= 0.3 is 0 Å². The van der Waals surface area contributed by atoms with Crippen LogP contribution in [0.3, 0.4) is 0 Å². The molecule has 0 amide bonds. The van der Waals surface area contributed by atoms with E-state index >= 15 is 0 Å². The second-order valence-corrected chi connectivity index (χ2v) is 5.69. The molecule has 1 aromatic rings. The Morgan fingerprint density at radius 3 is 2.95 bits per heavy atom. The van der Waals surface area contributed by atoms with Crippen molar-refractivity contribution in [1.29, 1.82) is 0 Å². The van der Waals surface area contributed by atoms with Gasteiger partial charge in [-0.05, 0) is 38.5 Å². The molecule has 1 aromatic heterocycles. The molecular weight excluding hydrogens is 244 g/mol. The van der Waals surface area contributed by atoms with Crippen molar-refractivity contribution in [3.05, 3.63) is 23.9 Å². The lowest BCUT2D eigenvalue weighted by atomic mass is 10.0. The minimum atomic E-state index is -0.510. The topological polar surface area (TPSA) is 65.8 Å². The van der Waals surface area contributed by atoms with Crippen LogP contribution in [0.1, 0.15) is 32.4 Å². The SMILES string of the molecule is CC(O)c1ccnc(N2CC(CO)OC(C)(C)C2)c1. The monoisotopic (exact) mass is 266 g/mol. The summed E-state index contributed by atoms with van der Waals surface area (Å²) in [5.74, 6) is 0.813.